The Kier molecular flexibility index (Phi) is 4.74. The fraction of sp³-hybridized carbons (Fsp3) is 0. The van der Waals surface area contributed by atoms with E-state index < -0.39 is 0 Å². The molecule has 0 aromatic heterocycles. The number of rotatable bonds is 2. The third-order valence-electron chi connectivity index (χ3n) is 2.40. The number of benzene rings is 2. The Balaban J connectivity index is 2.34. The summed E-state index contributed by atoms with van der Waals surface area (Å²) in [6.07, 6.45) is 0. The Morgan fingerprint density at radius 2 is 1.58 bits per heavy atom. The van der Waals surface area contributed by atoms with Crippen LogP contribution in [-0.2, 0) is 0 Å². The number of carbonyl (C=O) groups excluding carboxylic acids is 1. The Labute approximate surface area is 133 Å². The standard InChI is InChI=1S/C13H7BrCl3NO/c14-8-4-1-3-7(11(8)17)13(19)18-12-9(15)5-2-6-10(12)16/h1-6H,(H,18,19). The zero-order chi connectivity index (χ0) is 14.0. The summed E-state index contributed by atoms with van der Waals surface area (Å²) in [4.78, 5) is 12.2. The van der Waals surface area contributed by atoms with E-state index in [0.717, 1.165) is 0 Å². The van der Waals surface area contributed by atoms with Crippen molar-refractivity contribution >= 4 is 62.3 Å². The lowest BCUT2D eigenvalue weighted by atomic mass is 10.2. The van der Waals surface area contributed by atoms with Crippen LogP contribution in [0.4, 0.5) is 5.69 Å². The third-order valence-corrected chi connectivity index (χ3v) is 4.32. The molecule has 0 saturated heterocycles. The maximum atomic E-state index is 12.2. The van der Waals surface area contributed by atoms with Gasteiger partial charge < -0.3 is 5.32 Å². The minimum absolute atomic E-state index is 0.336. The van der Waals surface area contributed by atoms with E-state index in [1.165, 1.54) is 0 Å². The van der Waals surface area contributed by atoms with Gasteiger partial charge in [-0.3, -0.25) is 4.79 Å². The molecule has 98 valence electrons. The van der Waals surface area contributed by atoms with Crippen LogP contribution >= 0.6 is 50.7 Å². The molecule has 1 amide bonds. The van der Waals surface area contributed by atoms with Crippen LogP contribution in [0.15, 0.2) is 40.9 Å². The molecule has 2 aromatic carbocycles. The van der Waals surface area contributed by atoms with E-state index in [1.54, 1.807) is 36.4 Å². The van der Waals surface area contributed by atoms with Crippen molar-refractivity contribution in [2.24, 2.45) is 0 Å². The Morgan fingerprint density at radius 3 is 2.21 bits per heavy atom. The van der Waals surface area contributed by atoms with Gasteiger partial charge in [0.1, 0.15) is 0 Å². The predicted octanol–water partition coefficient (Wildman–Crippen LogP) is 5.66. The van der Waals surface area contributed by atoms with Crippen LogP contribution in [0.3, 0.4) is 0 Å². The number of para-hydroxylation sites is 1. The molecule has 1 N–H and O–H groups in total. The van der Waals surface area contributed by atoms with Gasteiger partial charge in [0.05, 0.1) is 26.3 Å². The van der Waals surface area contributed by atoms with Gasteiger partial charge in [0.25, 0.3) is 5.91 Å². The summed E-state index contributed by atoms with van der Waals surface area (Å²) in [5, 5.41) is 3.73. The molecular formula is C13H7BrCl3NO. The molecule has 0 aliphatic heterocycles. The predicted molar refractivity (Wildman–Crippen MR) is 83.6 cm³/mol. The molecule has 0 aliphatic rings. The number of halogens is 4. The van der Waals surface area contributed by atoms with Gasteiger partial charge in [0.15, 0.2) is 0 Å². The van der Waals surface area contributed by atoms with Crippen molar-refractivity contribution in [2.45, 2.75) is 0 Å². The number of nitrogens with one attached hydrogen (secondary N) is 1. The highest BCUT2D eigenvalue weighted by Gasteiger charge is 2.15. The van der Waals surface area contributed by atoms with Gasteiger partial charge in [-0.1, -0.05) is 46.9 Å². The highest BCUT2D eigenvalue weighted by atomic mass is 79.9. The molecule has 2 aromatic rings. The van der Waals surface area contributed by atoms with Gasteiger partial charge in [-0.05, 0) is 40.2 Å². The van der Waals surface area contributed by atoms with Gasteiger partial charge in [-0.2, -0.15) is 0 Å². The molecule has 0 fully saturated rings. The zero-order valence-corrected chi connectivity index (χ0v) is 13.2. The topological polar surface area (TPSA) is 29.1 Å². The Morgan fingerprint density at radius 1 is 1.00 bits per heavy atom. The van der Waals surface area contributed by atoms with E-state index in [4.69, 9.17) is 34.8 Å². The van der Waals surface area contributed by atoms with E-state index in [-0.39, 0.29) is 5.91 Å². The van der Waals surface area contributed by atoms with Crippen LogP contribution < -0.4 is 5.32 Å². The maximum Gasteiger partial charge on any atom is 0.257 e. The second kappa shape index (κ2) is 6.14. The molecular weight excluding hydrogens is 372 g/mol. The summed E-state index contributed by atoms with van der Waals surface area (Å²) >= 11 is 21.3. The molecule has 0 saturated carbocycles. The van der Waals surface area contributed by atoms with Crippen molar-refractivity contribution in [2.75, 3.05) is 5.32 Å². The average molecular weight is 379 g/mol. The highest BCUT2D eigenvalue weighted by molar-refractivity contribution is 9.10. The lowest BCUT2D eigenvalue weighted by Crippen LogP contribution is -2.13. The van der Waals surface area contributed by atoms with Crippen LogP contribution in [0.1, 0.15) is 10.4 Å². The smallest absolute Gasteiger partial charge is 0.257 e. The maximum absolute atomic E-state index is 12.2. The number of hydrogen-bond donors (Lipinski definition) is 1. The quantitative estimate of drug-likeness (QED) is 0.716. The van der Waals surface area contributed by atoms with Crippen LogP contribution in [0.2, 0.25) is 15.1 Å². The summed E-state index contributed by atoms with van der Waals surface area (Å²) in [5.74, 6) is -0.374. The van der Waals surface area contributed by atoms with Crippen LogP contribution in [0.5, 0.6) is 0 Å². The fourth-order valence-corrected chi connectivity index (χ4v) is 2.55. The van der Waals surface area contributed by atoms with Gasteiger partial charge in [0.2, 0.25) is 0 Å². The first-order valence-electron chi connectivity index (χ1n) is 5.20. The number of anilines is 1. The number of carbonyl (C=O) groups is 1. The van der Waals surface area contributed by atoms with Crippen LogP contribution in [0.25, 0.3) is 0 Å². The molecule has 0 heterocycles. The Bertz CT molecular complexity index is 626. The van der Waals surface area contributed by atoms with Gasteiger partial charge in [-0.25, -0.2) is 0 Å². The van der Waals surface area contributed by atoms with Crippen molar-refractivity contribution in [3.05, 3.63) is 61.5 Å². The van der Waals surface area contributed by atoms with Gasteiger partial charge in [0, 0.05) is 4.47 Å². The second-order valence-corrected chi connectivity index (χ2v) is 5.70. The molecule has 0 unspecified atom stereocenters. The summed E-state index contributed by atoms with van der Waals surface area (Å²) in [6.45, 7) is 0. The van der Waals surface area contributed by atoms with Crippen LogP contribution in [0, 0.1) is 0 Å². The van der Waals surface area contributed by atoms with E-state index in [2.05, 4.69) is 21.2 Å². The monoisotopic (exact) mass is 377 g/mol. The average Bonchev–Trinajstić information content (AvgIpc) is 2.37. The molecule has 0 aliphatic carbocycles. The zero-order valence-electron chi connectivity index (χ0n) is 9.38. The third kappa shape index (κ3) is 3.23. The van der Waals surface area contributed by atoms with Crippen molar-refractivity contribution in [1.29, 1.82) is 0 Å². The van der Waals surface area contributed by atoms with Gasteiger partial charge in [-0.15, -0.1) is 0 Å². The lowest BCUT2D eigenvalue weighted by Gasteiger charge is -2.10. The van der Waals surface area contributed by atoms with E-state index in [1.807, 2.05) is 0 Å². The van der Waals surface area contributed by atoms with Crippen LogP contribution in [-0.4, -0.2) is 5.91 Å². The molecule has 0 atom stereocenters. The van der Waals surface area contributed by atoms with E-state index >= 15 is 0 Å². The molecule has 2 nitrogen and oxygen atoms in total. The largest absolute Gasteiger partial charge is 0.319 e. The van der Waals surface area contributed by atoms with Crippen molar-refractivity contribution in [1.82, 2.24) is 0 Å². The Hall–Kier alpha value is -0.740. The summed E-state index contributed by atoms with van der Waals surface area (Å²) < 4.78 is 0.645. The van der Waals surface area contributed by atoms with Gasteiger partial charge >= 0.3 is 0 Å². The van der Waals surface area contributed by atoms with E-state index in [0.29, 0.717) is 30.8 Å². The minimum atomic E-state index is -0.374. The van der Waals surface area contributed by atoms with E-state index in [9.17, 15) is 4.79 Å². The lowest BCUT2D eigenvalue weighted by molar-refractivity contribution is 0.102. The molecule has 0 radical (unpaired) electrons. The minimum Gasteiger partial charge on any atom is -0.319 e. The molecule has 2 rings (SSSR count). The molecule has 19 heavy (non-hydrogen) atoms. The molecule has 0 bridgehead atoms. The fourth-order valence-electron chi connectivity index (χ4n) is 1.48. The number of hydrogen-bond acceptors (Lipinski definition) is 1. The summed E-state index contributed by atoms with van der Waals surface area (Å²) in [6, 6.07) is 10.1. The molecule has 6 heteroatoms. The molecule has 0 spiro atoms. The first kappa shape index (κ1) is 14.7. The summed E-state index contributed by atoms with van der Waals surface area (Å²) in [7, 11) is 0. The first-order chi connectivity index (χ1) is 9.00. The second-order valence-electron chi connectivity index (χ2n) is 3.65. The van der Waals surface area contributed by atoms with Crippen molar-refractivity contribution in [3.63, 3.8) is 0 Å². The number of amides is 1. The normalized spacial score (nSPS) is 10.3. The van der Waals surface area contributed by atoms with Crippen molar-refractivity contribution in [3.8, 4) is 0 Å². The first-order valence-corrected chi connectivity index (χ1v) is 7.12. The highest BCUT2D eigenvalue weighted by Crippen LogP contribution is 2.32. The summed E-state index contributed by atoms with van der Waals surface area (Å²) in [5.41, 5.74) is 0.707. The van der Waals surface area contributed by atoms with Crippen molar-refractivity contribution < 1.29 is 4.79 Å². The SMILES string of the molecule is O=C(Nc1c(Cl)cccc1Cl)c1cccc(Br)c1Cl.